The van der Waals surface area contributed by atoms with Crippen LogP contribution in [0.2, 0.25) is 0 Å². The maximum atomic E-state index is 13.5. The van der Waals surface area contributed by atoms with Crippen molar-refractivity contribution in [2.45, 2.75) is 95.6 Å². The number of piperidine rings is 3. The van der Waals surface area contributed by atoms with Gasteiger partial charge in [-0.2, -0.15) is 4.98 Å². The van der Waals surface area contributed by atoms with E-state index in [4.69, 9.17) is 14.7 Å². The van der Waals surface area contributed by atoms with Crippen LogP contribution in [0.3, 0.4) is 0 Å². The number of aromatic nitrogens is 4. The number of methoxy groups -OCH3 is 1. The number of ether oxygens (including phenoxy) is 1. The highest BCUT2D eigenvalue weighted by Gasteiger charge is 2.35. The molecule has 330 valence electrons. The molecule has 4 aliphatic rings. The number of nitrogens with zero attached hydrogens (tertiary/aromatic N) is 8. The van der Waals surface area contributed by atoms with E-state index in [9.17, 15) is 14.4 Å². The first-order valence-corrected chi connectivity index (χ1v) is 23.1. The molecule has 0 radical (unpaired) electrons. The smallest absolute Gasteiger partial charge is 0.270 e. The van der Waals surface area contributed by atoms with Crippen LogP contribution in [-0.2, 0) is 16.1 Å². The molecule has 1 unspecified atom stereocenters. The van der Waals surface area contributed by atoms with Crippen molar-refractivity contribution in [3.63, 3.8) is 0 Å². The zero-order chi connectivity index (χ0) is 43.5. The van der Waals surface area contributed by atoms with E-state index in [2.05, 4.69) is 55.0 Å². The van der Waals surface area contributed by atoms with Gasteiger partial charge < -0.3 is 29.3 Å². The summed E-state index contributed by atoms with van der Waals surface area (Å²) >= 11 is 0. The number of anilines is 4. The molecule has 3 aromatic heterocycles. The van der Waals surface area contributed by atoms with Crippen LogP contribution in [0.1, 0.15) is 111 Å². The number of rotatable bonds is 13. The van der Waals surface area contributed by atoms with Gasteiger partial charge in [0.05, 0.1) is 31.5 Å². The van der Waals surface area contributed by atoms with Crippen molar-refractivity contribution in [3.05, 3.63) is 95.9 Å². The van der Waals surface area contributed by atoms with Crippen molar-refractivity contribution in [2.75, 3.05) is 62.5 Å². The molecule has 4 fully saturated rings. The van der Waals surface area contributed by atoms with E-state index in [1.807, 2.05) is 42.6 Å². The van der Waals surface area contributed by atoms with E-state index in [0.717, 1.165) is 97.3 Å². The number of carbonyl (C=O) groups excluding carboxylic acids is 3. The number of hydrogen-bond donors (Lipinski definition) is 1. The summed E-state index contributed by atoms with van der Waals surface area (Å²) in [6, 6.07) is 22.4. The molecular weight excluding hydrogens is 791 g/mol. The maximum Gasteiger partial charge on any atom is 0.270 e. The van der Waals surface area contributed by atoms with Gasteiger partial charge in [0.15, 0.2) is 0 Å². The van der Waals surface area contributed by atoms with Crippen LogP contribution in [0.5, 0.6) is 5.75 Å². The Morgan fingerprint density at radius 1 is 0.778 bits per heavy atom. The second-order valence-corrected chi connectivity index (χ2v) is 18.3. The molecule has 3 amide bonds. The summed E-state index contributed by atoms with van der Waals surface area (Å²) in [6.45, 7) is 4.49. The predicted molar refractivity (Wildman–Crippen MR) is 247 cm³/mol. The summed E-state index contributed by atoms with van der Waals surface area (Å²) in [5, 5.41) is 4.19. The fourth-order valence-corrected chi connectivity index (χ4v) is 10.3. The third-order valence-electron chi connectivity index (χ3n) is 14.1. The molecule has 1 aliphatic carbocycles. The zero-order valence-corrected chi connectivity index (χ0v) is 37.0. The van der Waals surface area contributed by atoms with Crippen molar-refractivity contribution in [1.29, 1.82) is 0 Å². The molecule has 3 aliphatic heterocycles. The molecule has 63 heavy (non-hydrogen) atoms. The van der Waals surface area contributed by atoms with E-state index in [1.54, 1.807) is 32.3 Å². The van der Waals surface area contributed by atoms with Crippen molar-refractivity contribution >= 4 is 51.9 Å². The van der Waals surface area contributed by atoms with Gasteiger partial charge in [-0.1, -0.05) is 49.9 Å². The molecule has 3 saturated heterocycles. The van der Waals surface area contributed by atoms with E-state index >= 15 is 0 Å². The summed E-state index contributed by atoms with van der Waals surface area (Å²) in [4.78, 5) is 61.7. The predicted octanol–water partition coefficient (Wildman–Crippen LogP) is 8.74. The summed E-state index contributed by atoms with van der Waals surface area (Å²) < 4.78 is 7.39. The molecule has 1 saturated carbocycles. The highest BCUT2D eigenvalue weighted by Crippen LogP contribution is 2.37. The Labute approximate surface area is 370 Å². The van der Waals surface area contributed by atoms with Crippen LogP contribution in [0.25, 0.3) is 11.0 Å². The SMILES string of the molecule is COc1ccc(CN2C(=O)CCC(c3ccc(N4CCC(CCC5CCN(c6ccc(Nc7ncc8cc(C(=O)N(C)C)n(C9CCCC9)c8n7)nc6)CC5)CC4)cc3)C2=O)cc1. The Kier molecular flexibility index (Phi) is 12.6. The lowest BCUT2D eigenvalue weighted by molar-refractivity contribution is -0.150. The van der Waals surface area contributed by atoms with Gasteiger partial charge in [-0.15, -0.1) is 0 Å². The van der Waals surface area contributed by atoms with Gasteiger partial charge in [-0.25, -0.2) is 9.97 Å². The monoisotopic (exact) mass is 851 g/mol. The highest BCUT2D eigenvalue weighted by atomic mass is 16.5. The summed E-state index contributed by atoms with van der Waals surface area (Å²) in [5.74, 6) is 2.92. The average molecular weight is 852 g/mol. The Hall–Kier alpha value is -5.98. The lowest BCUT2D eigenvalue weighted by Crippen LogP contribution is -2.43. The summed E-state index contributed by atoms with van der Waals surface area (Å²) in [5.41, 5.74) is 5.72. The molecule has 2 aromatic carbocycles. The van der Waals surface area contributed by atoms with Crippen molar-refractivity contribution in [3.8, 4) is 5.75 Å². The number of likely N-dealkylation sites (tertiary alicyclic amines) is 1. The quantitative estimate of drug-likeness (QED) is 0.115. The Morgan fingerprint density at radius 3 is 2.05 bits per heavy atom. The molecule has 1 atom stereocenters. The van der Waals surface area contributed by atoms with Gasteiger partial charge in [-0.3, -0.25) is 19.3 Å². The van der Waals surface area contributed by atoms with Crippen LogP contribution < -0.4 is 19.9 Å². The first kappa shape index (κ1) is 42.3. The number of imide groups is 1. The largest absolute Gasteiger partial charge is 0.497 e. The first-order valence-electron chi connectivity index (χ1n) is 23.1. The van der Waals surface area contributed by atoms with Gasteiger partial charge >= 0.3 is 0 Å². The summed E-state index contributed by atoms with van der Waals surface area (Å²) in [7, 11) is 5.21. The van der Waals surface area contributed by atoms with Crippen molar-refractivity contribution in [2.24, 2.45) is 11.8 Å². The molecular formula is C50H61N9O4. The topological polar surface area (TPSA) is 129 Å². The normalized spacial score (nSPS) is 19.3. The lowest BCUT2D eigenvalue weighted by atomic mass is 9.85. The van der Waals surface area contributed by atoms with Gasteiger partial charge in [0, 0.05) is 70.0 Å². The summed E-state index contributed by atoms with van der Waals surface area (Å²) in [6.07, 6.45) is 16.5. The maximum absolute atomic E-state index is 13.5. The first-order chi connectivity index (χ1) is 30.7. The lowest BCUT2D eigenvalue weighted by Gasteiger charge is -2.36. The third-order valence-corrected chi connectivity index (χ3v) is 14.1. The Bertz CT molecular complexity index is 2380. The van der Waals surface area contributed by atoms with Crippen molar-refractivity contribution in [1.82, 2.24) is 29.3 Å². The number of pyridine rings is 1. The fourth-order valence-electron chi connectivity index (χ4n) is 10.3. The number of fused-ring (bicyclic) bond motifs is 1. The minimum atomic E-state index is -0.298. The van der Waals surface area contributed by atoms with Crippen LogP contribution in [0, 0.1) is 11.8 Å². The molecule has 0 spiro atoms. The molecule has 9 rings (SSSR count). The second kappa shape index (κ2) is 18.8. The van der Waals surface area contributed by atoms with Crippen LogP contribution >= 0.6 is 0 Å². The minimum Gasteiger partial charge on any atom is -0.497 e. The van der Waals surface area contributed by atoms with Crippen molar-refractivity contribution < 1.29 is 19.1 Å². The van der Waals surface area contributed by atoms with Gasteiger partial charge in [0.25, 0.3) is 5.91 Å². The number of carbonyl (C=O) groups is 3. The molecule has 1 N–H and O–H groups in total. The Balaban J connectivity index is 0.716. The number of amides is 3. The van der Waals surface area contributed by atoms with E-state index in [-0.39, 0.29) is 36.2 Å². The molecule has 6 heterocycles. The fraction of sp³-hybridized carbons (Fsp3) is 0.480. The Morgan fingerprint density at radius 2 is 1.43 bits per heavy atom. The van der Waals surface area contributed by atoms with Crippen LogP contribution in [0.15, 0.2) is 79.1 Å². The molecule has 13 nitrogen and oxygen atoms in total. The minimum absolute atomic E-state index is 0.0142. The number of hydrogen-bond acceptors (Lipinski definition) is 10. The van der Waals surface area contributed by atoms with Gasteiger partial charge in [-0.05, 0) is 110 Å². The molecule has 0 bridgehead atoms. The van der Waals surface area contributed by atoms with Gasteiger partial charge in [0.1, 0.15) is 22.9 Å². The van der Waals surface area contributed by atoms with Gasteiger partial charge in [0.2, 0.25) is 17.8 Å². The third kappa shape index (κ3) is 9.38. The number of nitrogens with one attached hydrogen (secondary N) is 1. The zero-order valence-electron chi connectivity index (χ0n) is 37.0. The van der Waals surface area contributed by atoms with E-state index < -0.39 is 0 Å². The second-order valence-electron chi connectivity index (χ2n) is 18.3. The van der Waals surface area contributed by atoms with E-state index in [1.165, 1.54) is 49.1 Å². The average Bonchev–Trinajstić information content (AvgIpc) is 3.99. The molecule has 13 heteroatoms. The highest BCUT2D eigenvalue weighted by molar-refractivity contribution is 6.01. The number of benzene rings is 2. The van der Waals surface area contributed by atoms with Crippen LogP contribution in [-0.4, -0.2) is 94.4 Å². The van der Waals surface area contributed by atoms with Crippen LogP contribution in [0.4, 0.5) is 23.1 Å². The molecule has 5 aromatic rings. The van der Waals surface area contributed by atoms with E-state index in [0.29, 0.717) is 30.3 Å². The standard InChI is InChI=1S/C50H61N9O4/c1-55(2)49(62)44-30-38-31-52-50(54-47(38)59(44)40-6-4-5-7-40)53-45-20-16-41(32-51-45)57-28-24-35(25-29-57)9-8-34-22-26-56(27-23-34)39-14-12-37(13-15-39)43-19-21-46(60)58(48(43)61)33-36-10-17-42(63-3)18-11-36/h10-18,20,30-32,34-35,40,43H,4-9,19,21-29,33H2,1-3H3,(H,51,52,53,54).